The van der Waals surface area contributed by atoms with Crippen LogP contribution in [0.5, 0.6) is 0 Å². The highest BCUT2D eigenvalue weighted by Crippen LogP contribution is 2.31. The van der Waals surface area contributed by atoms with Gasteiger partial charge in [0.25, 0.3) is 18.9 Å². The van der Waals surface area contributed by atoms with E-state index >= 15 is 0 Å². The molecular formula is C19H30N6O5. The van der Waals surface area contributed by atoms with Crippen LogP contribution < -0.4 is 0 Å². The lowest BCUT2D eigenvalue weighted by molar-refractivity contribution is -0.142. The maximum absolute atomic E-state index is 13.0. The molecule has 0 spiro atoms. The zero-order chi connectivity index (χ0) is 22.6. The molecule has 0 aliphatic carbocycles. The Bertz CT molecular complexity index is 770. The number of piperidine rings is 1. The Morgan fingerprint density at radius 3 is 2.43 bits per heavy atom. The topological polar surface area (TPSA) is 134 Å². The monoisotopic (exact) mass is 422 g/mol. The van der Waals surface area contributed by atoms with Crippen LogP contribution >= 0.6 is 0 Å². The minimum Gasteiger partial charge on any atom is -0.483 e. The third-order valence-electron chi connectivity index (χ3n) is 4.71. The molecule has 30 heavy (non-hydrogen) atoms. The van der Waals surface area contributed by atoms with Gasteiger partial charge in [-0.2, -0.15) is 10.2 Å². The zero-order valence-electron chi connectivity index (χ0n) is 17.6. The van der Waals surface area contributed by atoms with Crippen LogP contribution in [-0.2, 0) is 33.0 Å². The van der Waals surface area contributed by atoms with Gasteiger partial charge in [0.1, 0.15) is 0 Å². The molecular weight excluding hydrogens is 392 g/mol. The fourth-order valence-electron chi connectivity index (χ4n) is 3.58. The van der Waals surface area contributed by atoms with Crippen molar-refractivity contribution < 1.29 is 24.6 Å². The number of nitrogens with zero attached hydrogens (tertiary/aromatic N) is 6. The predicted octanol–water partition coefficient (Wildman–Crippen LogP) is 0.581. The molecule has 2 aromatic rings. The number of likely N-dealkylation sites (N-methyl/N-ethyl adjacent to an activating group) is 1. The number of aromatic nitrogens is 4. The lowest BCUT2D eigenvalue weighted by Gasteiger charge is -2.42. The first-order chi connectivity index (χ1) is 14.4. The molecule has 11 nitrogen and oxygen atoms in total. The van der Waals surface area contributed by atoms with Crippen LogP contribution in [0.25, 0.3) is 0 Å². The Balaban J connectivity index is 0.000000672. The maximum Gasteiger partial charge on any atom is 0.290 e. The fraction of sp³-hybridized carbons (Fsp3) is 0.526. The summed E-state index contributed by atoms with van der Waals surface area (Å²) in [4.78, 5) is 33.7. The summed E-state index contributed by atoms with van der Waals surface area (Å²) in [7, 11) is 3.63. The minimum atomic E-state index is -0.619. The van der Waals surface area contributed by atoms with E-state index in [4.69, 9.17) is 19.8 Å². The second kappa shape index (κ2) is 12.4. The molecule has 0 radical (unpaired) electrons. The largest absolute Gasteiger partial charge is 0.483 e. The molecule has 1 amide bonds. The number of aryl methyl sites for hydroxylation is 1. The van der Waals surface area contributed by atoms with Gasteiger partial charge in [0.05, 0.1) is 6.20 Å². The summed E-state index contributed by atoms with van der Waals surface area (Å²) in [6.07, 6.45) is 9.44. The van der Waals surface area contributed by atoms with Crippen molar-refractivity contribution in [2.45, 2.75) is 38.4 Å². The highest BCUT2D eigenvalue weighted by Gasteiger charge is 2.45. The highest BCUT2D eigenvalue weighted by molar-refractivity contribution is 5.84. The Hall–Kier alpha value is -3.21. The lowest BCUT2D eigenvalue weighted by atomic mass is 9.87. The third-order valence-corrected chi connectivity index (χ3v) is 4.71. The zero-order valence-corrected chi connectivity index (χ0v) is 17.6. The van der Waals surface area contributed by atoms with E-state index in [1.807, 2.05) is 41.9 Å². The SMILES string of the molecule is CCn1cc(CN2CCCC(C(=O)N(C)C)(n3cccn3)C2)cn1.O=CO.O=CO. The van der Waals surface area contributed by atoms with Crippen LogP contribution in [0, 0.1) is 0 Å². The second-order valence-corrected chi connectivity index (χ2v) is 6.91. The maximum atomic E-state index is 13.0. The molecule has 1 unspecified atom stereocenters. The van der Waals surface area contributed by atoms with Crippen molar-refractivity contribution in [2.75, 3.05) is 27.2 Å². The molecule has 1 fully saturated rings. The van der Waals surface area contributed by atoms with E-state index in [1.165, 1.54) is 5.56 Å². The van der Waals surface area contributed by atoms with E-state index in [-0.39, 0.29) is 18.9 Å². The first-order valence-electron chi connectivity index (χ1n) is 9.49. The van der Waals surface area contributed by atoms with Gasteiger partial charge < -0.3 is 15.1 Å². The van der Waals surface area contributed by atoms with Crippen molar-refractivity contribution in [3.63, 3.8) is 0 Å². The number of hydrogen-bond acceptors (Lipinski definition) is 6. The van der Waals surface area contributed by atoms with Crippen molar-refractivity contribution in [3.8, 4) is 0 Å². The average Bonchev–Trinajstić information content (AvgIpc) is 3.41. The Morgan fingerprint density at radius 1 is 1.27 bits per heavy atom. The molecule has 11 heteroatoms. The van der Waals surface area contributed by atoms with Gasteiger partial charge in [-0.1, -0.05) is 0 Å². The molecule has 1 saturated heterocycles. The molecule has 0 bridgehead atoms. The molecule has 0 aromatic carbocycles. The first kappa shape index (κ1) is 24.8. The summed E-state index contributed by atoms with van der Waals surface area (Å²) in [5.74, 6) is 0.111. The van der Waals surface area contributed by atoms with Gasteiger partial charge in [-0.05, 0) is 32.4 Å². The molecule has 3 heterocycles. The van der Waals surface area contributed by atoms with Gasteiger partial charge in [0.2, 0.25) is 0 Å². The van der Waals surface area contributed by atoms with Gasteiger partial charge in [-0.3, -0.25) is 28.6 Å². The molecule has 1 atom stereocenters. The number of carboxylic acid groups (broad SMARTS) is 2. The molecule has 1 aliphatic rings. The van der Waals surface area contributed by atoms with Crippen LogP contribution in [0.1, 0.15) is 25.3 Å². The summed E-state index contributed by atoms with van der Waals surface area (Å²) >= 11 is 0. The fourth-order valence-corrected chi connectivity index (χ4v) is 3.58. The molecule has 1 aliphatic heterocycles. The summed E-state index contributed by atoms with van der Waals surface area (Å²) in [6.45, 7) is 4.92. The van der Waals surface area contributed by atoms with Crippen LogP contribution in [0.15, 0.2) is 30.9 Å². The number of carbonyl (C=O) groups excluding carboxylic acids is 1. The number of hydrogen-bond donors (Lipinski definition) is 2. The molecule has 2 aromatic heterocycles. The van der Waals surface area contributed by atoms with Crippen LogP contribution in [0.4, 0.5) is 0 Å². The minimum absolute atomic E-state index is 0.111. The molecule has 2 N–H and O–H groups in total. The van der Waals surface area contributed by atoms with Gasteiger partial charge in [0.15, 0.2) is 5.54 Å². The van der Waals surface area contributed by atoms with Gasteiger partial charge in [-0.15, -0.1) is 0 Å². The summed E-state index contributed by atoms with van der Waals surface area (Å²) < 4.78 is 3.78. The molecule has 0 saturated carbocycles. The van der Waals surface area contributed by atoms with Gasteiger partial charge >= 0.3 is 0 Å². The van der Waals surface area contributed by atoms with E-state index in [9.17, 15) is 4.79 Å². The molecule has 166 valence electrons. The smallest absolute Gasteiger partial charge is 0.290 e. The first-order valence-corrected chi connectivity index (χ1v) is 9.49. The van der Waals surface area contributed by atoms with Crippen LogP contribution in [0.2, 0.25) is 0 Å². The number of amides is 1. The highest BCUT2D eigenvalue weighted by atomic mass is 16.3. The Morgan fingerprint density at radius 2 is 1.93 bits per heavy atom. The molecule has 3 rings (SSSR count). The quantitative estimate of drug-likeness (QED) is 0.669. The Labute approximate surface area is 175 Å². The predicted molar refractivity (Wildman–Crippen MR) is 109 cm³/mol. The van der Waals surface area contributed by atoms with Crippen molar-refractivity contribution in [1.29, 1.82) is 0 Å². The number of carbonyl (C=O) groups is 3. The van der Waals surface area contributed by atoms with Gasteiger partial charge in [0, 0.05) is 57.9 Å². The number of likely N-dealkylation sites (tertiary alicyclic amines) is 1. The second-order valence-electron chi connectivity index (χ2n) is 6.91. The van der Waals surface area contributed by atoms with Crippen LogP contribution in [0.3, 0.4) is 0 Å². The summed E-state index contributed by atoms with van der Waals surface area (Å²) in [6, 6.07) is 1.88. The van der Waals surface area contributed by atoms with Crippen molar-refractivity contribution in [1.82, 2.24) is 29.4 Å². The van der Waals surface area contributed by atoms with Gasteiger partial charge in [-0.25, -0.2) is 0 Å². The van der Waals surface area contributed by atoms with Crippen molar-refractivity contribution in [2.24, 2.45) is 0 Å². The summed E-state index contributed by atoms with van der Waals surface area (Å²) in [5.41, 5.74) is 0.567. The van der Waals surface area contributed by atoms with Crippen molar-refractivity contribution in [3.05, 3.63) is 36.4 Å². The van der Waals surface area contributed by atoms with Crippen LogP contribution in [-0.4, -0.2) is 85.6 Å². The van der Waals surface area contributed by atoms with E-state index in [1.54, 1.807) is 11.1 Å². The van der Waals surface area contributed by atoms with E-state index in [2.05, 4.69) is 28.2 Å². The Kier molecular flexibility index (Phi) is 10.2. The van der Waals surface area contributed by atoms with E-state index in [0.29, 0.717) is 6.54 Å². The normalized spacial score (nSPS) is 18.2. The third kappa shape index (κ3) is 6.41. The average molecular weight is 422 g/mol. The van der Waals surface area contributed by atoms with E-state index in [0.717, 1.165) is 32.5 Å². The number of rotatable bonds is 5. The standard InChI is InChI=1S/C17H26N6O.2CH2O2/c1-4-22-13-15(11-19-22)12-21-9-5-7-17(14-21,16(24)20(2)3)23-10-6-8-18-23;2*2-1-3/h6,8,10-11,13H,4-5,7,9,12,14H2,1-3H3;2*1H,(H,2,3). The summed E-state index contributed by atoms with van der Waals surface area (Å²) in [5, 5.41) is 22.5. The van der Waals surface area contributed by atoms with Crippen molar-refractivity contribution >= 4 is 18.9 Å². The lowest BCUT2D eigenvalue weighted by Crippen LogP contribution is -2.58. The van der Waals surface area contributed by atoms with E-state index < -0.39 is 5.54 Å².